The van der Waals surface area contributed by atoms with Gasteiger partial charge in [-0.2, -0.15) is 0 Å². The van der Waals surface area contributed by atoms with E-state index in [1.165, 1.54) is 0 Å². The number of anilines is 1. The molecule has 1 aromatic rings. The summed E-state index contributed by atoms with van der Waals surface area (Å²) in [6.45, 7) is 8.20. The van der Waals surface area contributed by atoms with Gasteiger partial charge >= 0.3 is 0 Å². The van der Waals surface area contributed by atoms with Gasteiger partial charge in [0.25, 0.3) is 0 Å². The van der Waals surface area contributed by atoms with E-state index in [9.17, 15) is 9.59 Å². The van der Waals surface area contributed by atoms with Crippen molar-refractivity contribution < 1.29 is 9.59 Å². The molecule has 1 atom stereocenters. The molecule has 3 aliphatic rings. The topological polar surface area (TPSA) is 81.7 Å². The minimum Gasteiger partial charge on any atom is -0.373 e. The molecule has 1 N–H and O–H groups in total. The van der Waals surface area contributed by atoms with E-state index in [1.807, 2.05) is 16.8 Å². The molecule has 8 heteroatoms. The van der Waals surface area contributed by atoms with Crippen LogP contribution >= 0.6 is 0 Å². The fraction of sp³-hybridized carbons (Fsp3) is 0.739. The first-order valence-electron chi connectivity index (χ1n) is 11.8. The number of likely N-dealkylation sites (tertiary alicyclic amines) is 2. The molecule has 0 saturated carbocycles. The number of fused-ring (bicyclic) bond motifs is 1. The number of aromatic nitrogens is 2. The van der Waals surface area contributed by atoms with E-state index in [-0.39, 0.29) is 17.9 Å². The Bertz CT molecular complexity index is 821. The van der Waals surface area contributed by atoms with Crippen molar-refractivity contribution in [3.8, 4) is 0 Å². The third kappa shape index (κ3) is 4.84. The fourth-order valence-corrected chi connectivity index (χ4v) is 5.08. The second kappa shape index (κ2) is 9.51. The Morgan fingerprint density at radius 2 is 1.81 bits per heavy atom. The van der Waals surface area contributed by atoms with Crippen LogP contribution in [0.1, 0.15) is 69.1 Å². The monoisotopic (exact) mass is 428 g/mol. The highest BCUT2D eigenvalue weighted by molar-refractivity contribution is 5.78. The number of hydrogen-bond acceptors (Lipinski definition) is 6. The molecule has 0 aliphatic carbocycles. The third-order valence-corrected chi connectivity index (χ3v) is 7.15. The van der Waals surface area contributed by atoms with Crippen LogP contribution in [0.2, 0.25) is 0 Å². The van der Waals surface area contributed by atoms with Crippen molar-refractivity contribution in [2.45, 2.75) is 65.0 Å². The number of rotatable bonds is 4. The number of nitrogens with one attached hydrogen (secondary N) is 1. The average molecular weight is 429 g/mol. The standard InChI is InChI=1S/C23H36N6O2/c1-16-7-11-27(12-8-16)21(31)15-29-10-5-4-6-20(29)23-25-19-14-28(17(2)30)13-9-18(19)22(24-3)26-23/h16,20H,4-15H2,1-3H3,(H,24,25,26). The summed E-state index contributed by atoms with van der Waals surface area (Å²) in [6.07, 6.45) is 6.14. The highest BCUT2D eigenvalue weighted by Gasteiger charge is 2.32. The molecular formula is C23H36N6O2. The lowest BCUT2D eigenvalue weighted by atomic mass is 9.98. The first-order valence-corrected chi connectivity index (χ1v) is 11.8. The number of carbonyl (C=O) groups excluding carboxylic acids is 2. The lowest BCUT2D eigenvalue weighted by Gasteiger charge is -2.37. The van der Waals surface area contributed by atoms with Crippen molar-refractivity contribution in [1.82, 2.24) is 24.7 Å². The van der Waals surface area contributed by atoms with Crippen LogP contribution in [0.25, 0.3) is 0 Å². The van der Waals surface area contributed by atoms with Crippen LogP contribution in [0.4, 0.5) is 5.82 Å². The molecular weight excluding hydrogens is 392 g/mol. The molecule has 0 aromatic carbocycles. The van der Waals surface area contributed by atoms with E-state index in [2.05, 4.69) is 17.1 Å². The van der Waals surface area contributed by atoms with Crippen LogP contribution in [0.3, 0.4) is 0 Å². The Labute approximate surface area is 185 Å². The van der Waals surface area contributed by atoms with Gasteiger partial charge in [-0.15, -0.1) is 0 Å². The molecule has 170 valence electrons. The molecule has 4 rings (SSSR count). The van der Waals surface area contributed by atoms with Gasteiger partial charge in [-0.05, 0) is 44.6 Å². The fourth-order valence-electron chi connectivity index (χ4n) is 5.08. The lowest BCUT2D eigenvalue weighted by molar-refractivity contribution is -0.135. The van der Waals surface area contributed by atoms with Crippen molar-refractivity contribution in [1.29, 1.82) is 0 Å². The molecule has 1 unspecified atom stereocenters. The van der Waals surface area contributed by atoms with Gasteiger partial charge in [-0.1, -0.05) is 13.3 Å². The van der Waals surface area contributed by atoms with Crippen molar-refractivity contribution in [2.75, 3.05) is 45.1 Å². The zero-order valence-corrected chi connectivity index (χ0v) is 19.2. The van der Waals surface area contributed by atoms with Gasteiger partial charge < -0.3 is 15.1 Å². The van der Waals surface area contributed by atoms with Gasteiger partial charge in [0.2, 0.25) is 11.8 Å². The van der Waals surface area contributed by atoms with Gasteiger partial charge in [-0.3, -0.25) is 14.5 Å². The van der Waals surface area contributed by atoms with Crippen molar-refractivity contribution in [3.63, 3.8) is 0 Å². The van der Waals surface area contributed by atoms with Crippen LogP contribution in [0, 0.1) is 5.92 Å². The Balaban J connectivity index is 1.54. The van der Waals surface area contributed by atoms with E-state index in [0.717, 1.165) is 81.1 Å². The Morgan fingerprint density at radius 3 is 2.52 bits per heavy atom. The van der Waals surface area contributed by atoms with Gasteiger partial charge in [0.15, 0.2) is 0 Å². The normalized spacial score (nSPS) is 22.9. The van der Waals surface area contributed by atoms with Crippen LogP contribution in [-0.2, 0) is 22.6 Å². The first-order chi connectivity index (χ1) is 15.0. The van der Waals surface area contributed by atoms with Crippen molar-refractivity contribution in [3.05, 3.63) is 17.1 Å². The maximum Gasteiger partial charge on any atom is 0.236 e. The van der Waals surface area contributed by atoms with Crippen LogP contribution in [0.5, 0.6) is 0 Å². The molecule has 2 saturated heterocycles. The zero-order chi connectivity index (χ0) is 22.0. The van der Waals surface area contributed by atoms with E-state index in [4.69, 9.17) is 9.97 Å². The summed E-state index contributed by atoms with van der Waals surface area (Å²) in [5.74, 6) is 2.68. The lowest BCUT2D eigenvalue weighted by Crippen LogP contribution is -2.46. The molecule has 0 radical (unpaired) electrons. The molecule has 1 aromatic heterocycles. The van der Waals surface area contributed by atoms with Gasteiger partial charge in [-0.25, -0.2) is 9.97 Å². The molecule has 2 amide bonds. The van der Waals surface area contributed by atoms with E-state index in [0.29, 0.717) is 25.6 Å². The van der Waals surface area contributed by atoms with Crippen molar-refractivity contribution in [2.24, 2.45) is 5.92 Å². The maximum atomic E-state index is 13.0. The molecule has 0 spiro atoms. The second-order valence-electron chi connectivity index (χ2n) is 9.34. The average Bonchev–Trinajstić information content (AvgIpc) is 2.78. The van der Waals surface area contributed by atoms with E-state index < -0.39 is 0 Å². The highest BCUT2D eigenvalue weighted by atomic mass is 16.2. The smallest absolute Gasteiger partial charge is 0.236 e. The second-order valence-corrected chi connectivity index (χ2v) is 9.34. The highest BCUT2D eigenvalue weighted by Crippen LogP contribution is 2.32. The van der Waals surface area contributed by atoms with Gasteiger partial charge in [0.1, 0.15) is 11.6 Å². The van der Waals surface area contributed by atoms with Crippen LogP contribution in [-0.4, -0.2) is 76.3 Å². The predicted molar refractivity (Wildman–Crippen MR) is 120 cm³/mol. The van der Waals surface area contributed by atoms with Gasteiger partial charge in [0, 0.05) is 39.2 Å². The van der Waals surface area contributed by atoms with E-state index >= 15 is 0 Å². The summed E-state index contributed by atoms with van der Waals surface area (Å²) in [5, 5.41) is 3.24. The van der Waals surface area contributed by atoms with Crippen LogP contribution in [0.15, 0.2) is 0 Å². The molecule has 4 heterocycles. The summed E-state index contributed by atoms with van der Waals surface area (Å²) in [6, 6.07) is 0.0477. The zero-order valence-electron chi connectivity index (χ0n) is 19.2. The minimum atomic E-state index is 0.0477. The number of carbonyl (C=O) groups is 2. The molecule has 2 fully saturated rings. The molecule has 0 bridgehead atoms. The number of amides is 2. The summed E-state index contributed by atoms with van der Waals surface area (Å²) in [5.41, 5.74) is 2.06. The summed E-state index contributed by atoms with van der Waals surface area (Å²) in [4.78, 5) is 40.9. The quantitative estimate of drug-likeness (QED) is 0.792. The summed E-state index contributed by atoms with van der Waals surface area (Å²) >= 11 is 0. The van der Waals surface area contributed by atoms with Crippen LogP contribution < -0.4 is 5.32 Å². The number of nitrogens with zero attached hydrogens (tertiary/aromatic N) is 5. The maximum absolute atomic E-state index is 13.0. The Kier molecular flexibility index (Phi) is 6.74. The Hall–Kier alpha value is -2.22. The summed E-state index contributed by atoms with van der Waals surface area (Å²) in [7, 11) is 1.89. The summed E-state index contributed by atoms with van der Waals surface area (Å²) < 4.78 is 0. The van der Waals surface area contributed by atoms with Crippen molar-refractivity contribution >= 4 is 17.6 Å². The first kappa shape index (κ1) is 22.0. The molecule has 3 aliphatic heterocycles. The van der Waals surface area contributed by atoms with E-state index in [1.54, 1.807) is 6.92 Å². The predicted octanol–water partition coefficient (Wildman–Crippen LogP) is 2.21. The van der Waals surface area contributed by atoms with Gasteiger partial charge in [0.05, 0.1) is 24.8 Å². The Morgan fingerprint density at radius 1 is 1.03 bits per heavy atom. The SMILES string of the molecule is CNc1nc(C2CCCCN2CC(=O)N2CCC(C)CC2)nc2c1CCN(C(C)=O)C2. The molecule has 8 nitrogen and oxygen atoms in total. The minimum absolute atomic E-state index is 0.0477. The number of piperidine rings is 2. The largest absolute Gasteiger partial charge is 0.373 e. The molecule has 31 heavy (non-hydrogen) atoms. The third-order valence-electron chi connectivity index (χ3n) is 7.15. The number of hydrogen-bond donors (Lipinski definition) is 1.